The number of aromatic nitrogens is 2. The molecule has 0 radical (unpaired) electrons. The van der Waals surface area contributed by atoms with Gasteiger partial charge in [0.1, 0.15) is 17.4 Å². The Labute approximate surface area is 168 Å². The third-order valence-corrected chi connectivity index (χ3v) is 5.61. The summed E-state index contributed by atoms with van der Waals surface area (Å²) in [5.74, 6) is 2.28. The van der Waals surface area contributed by atoms with Crippen LogP contribution in [0.5, 0.6) is 5.75 Å². The summed E-state index contributed by atoms with van der Waals surface area (Å²) in [6.45, 7) is 2.39. The lowest BCUT2D eigenvalue weighted by Gasteiger charge is -2.37. The molecule has 2 fully saturated rings. The molecule has 2 aromatic rings. The first-order valence-electron chi connectivity index (χ1n) is 10.0. The number of hydrogen-bond donors (Lipinski definition) is 0. The number of likely N-dealkylation sites (tertiary alicyclic amines) is 1. The van der Waals surface area contributed by atoms with Crippen molar-refractivity contribution in [3.63, 3.8) is 0 Å². The van der Waals surface area contributed by atoms with Gasteiger partial charge >= 0.3 is 6.36 Å². The van der Waals surface area contributed by atoms with Crippen LogP contribution in [0.1, 0.15) is 43.0 Å². The van der Waals surface area contributed by atoms with Crippen molar-refractivity contribution in [3.05, 3.63) is 47.9 Å². The van der Waals surface area contributed by atoms with Gasteiger partial charge in [-0.05, 0) is 49.4 Å². The lowest BCUT2D eigenvalue weighted by atomic mass is 10.0. The molecule has 29 heavy (non-hydrogen) atoms. The number of hydrogen-bond acceptors (Lipinski definition) is 5. The number of nitrogens with zero attached hydrogens (tertiary/aromatic N) is 4. The van der Waals surface area contributed by atoms with Crippen molar-refractivity contribution >= 4 is 5.82 Å². The van der Waals surface area contributed by atoms with Crippen LogP contribution in [0.2, 0.25) is 0 Å². The van der Waals surface area contributed by atoms with Crippen LogP contribution in [0.25, 0.3) is 0 Å². The van der Waals surface area contributed by atoms with Crippen molar-refractivity contribution in [1.82, 2.24) is 14.9 Å². The van der Waals surface area contributed by atoms with E-state index in [2.05, 4.69) is 26.6 Å². The van der Waals surface area contributed by atoms with Gasteiger partial charge in [0.2, 0.25) is 0 Å². The molecular formula is C21H25F3N4O. The van der Waals surface area contributed by atoms with E-state index in [9.17, 15) is 13.2 Å². The Morgan fingerprint density at radius 1 is 1.14 bits per heavy atom. The quantitative estimate of drug-likeness (QED) is 0.713. The second-order valence-electron chi connectivity index (χ2n) is 7.86. The zero-order chi connectivity index (χ0) is 20.4. The Morgan fingerprint density at radius 3 is 2.59 bits per heavy atom. The number of alkyl halides is 3. The molecule has 2 aliphatic rings. The van der Waals surface area contributed by atoms with Gasteiger partial charge in [0.05, 0.1) is 0 Å². The smallest absolute Gasteiger partial charge is 0.406 e. The van der Waals surface area contributed by atoms with Gasteiger partial charge in [0.25, 0.3) is 0 Å². The third-order valence-electron chi connectivity index (χ3n) is 5.61. The molecule has 0 atom stereocenters. The third kappa shape index (κ3) is 5.38. The van der Waals surface area contributed by atoms with Crippen molar-refractivity contribution in [1.29, 1.82) is 0 Å². The molecule has 5 nitrogen and oxygen atoms in total. The van der Waals surface area contributed by atoms with Crippen LogP contribution < -0.4 is 9.64 Å². The normalized spacial score (nSPS) is 18.6. The zero-order valence-electron chi connectivity index (χ0n) is 16.4. The van der Waals surface area contributed by atoms with E-state index >= 15 is 0 Å². The van der Waals surface area contributed by atoms with E-state index in [4.69, 9.17) is 4.98 Å². The van der Waals surface area contributed by atoms with Gasteiger partial charge in [-0.2, -0.15) is 0 Å². The minimum absolute atomic E-state index is 0.167. The predicted octanol–water partition coefficient (Wildman–Crippen LogP) is 4.35. The first kappa shape index (κ1) is 19.9. The molecule has 4 rings (SSSR count). The predicted molar refractivity (Wildman–Crippen MR) is 104 cm³/mol. The van der Waals surface area contributed by atoms with E-state index in [1.54, 1.807) is 6.07 Å². The minimum Gasteiger partial charge on any atom is -0.406 e. The molecule has 8 heteroatoms. The maximum atomic E-state index is 12.4. The maximum absolute atomic E-state index is 12.4. The first-order chi connectivity index (χ1) is 13.9. The molecule has 1 aromatic carbocycles. The Balaban J connectivity index is 1.31. The van der Waals surface area contributed by atoms with E-state index in [-0.39, 0.29) is 5.75 Å². The Bertz CT molecular complexity index is 833. The fraction of sp³-hybridized carbons (Fsp3) is 0.524. The van der Waals surface area contributed by atoms with E-state index in [1.165, 1.54) is 25.0 Å². The molecule has 2 heterocycles. The van der Waals surface area contributed by atoms with E-state index in [1.807, 2.05) is 18.3 Å². The van der Waals surface area contributed by atoms with Gasteiger partial charge in [0, 0.05) is 44.8 Å². The maximum Gasteiger partial charge on any atom is 0.573 e. The summed E-state index contributed by atoms with van der Waals surface area (Å²) in [5.41, 5.74) is 0.823. The van der Waals surface area contributed by atoms with Crippen LogP contribution in [0.4, 0.5) is 19.0 Å². The van der Waals surface area contributed by atoms with Gasteiger partial charge in [-0.25, -0.2) is 9.97 Å². The van der Waals surface area contributed by atoms with E-state index in [0.29, 0.717) is 18.5 Å². The van der Waals surface area contributed by atoms with Crippen molar-refractivity contribution in [2.75, 3.05) is 25.0 Å². The Kier molecular flexibility index (Phi) is 5.63. The highest BCUT2D eigenvalue weighted by atomic mass is 19.4. The largest absolute Gasteiger partial charge is 0.573 e. The SMILES string of the molecule is CN(c1ccnc(C2CC2)n1)C1CCN(Cc2cccc(OC(F)(F)F)c2)CC1. The molecule has 0 amide bonds. The number of benzene rings is 1. The molecule has 1 saturated carbocycles. The van der Waals surface area contributed by atoms with Crippen LogP contribution in [-0.4, -0.2) is 47.4 Å². The summed E-state index contributed by atoms with van der Waals surface area (Å²) in [4.78, 5) is 13.6. The Hall–Kier alpha value is -2.35. The summed E-state index contributed by atoms with van der Waals surface area (Å²) in [6, 6.07) is 8.59. The van der Waals surface area contributed by atoms with Crippen LogP contribution in [0.15, 0.2) is 36.5 Å². The number of ether oxygens (including phenoxy) is 1. The molecule has 1 aliphatic heterocycles. The number of rotatable bonds is 6. The van der Waals surface area contributed by atoms with Crippen molar-refractivity contribution in [2.45, 2.75) is 50.6 Å². The standard InChI is InChI=1S/C21H25F3N4O/c1-27(19-7-10-25-20(26-19)16-5-6-16)17-8-11-28(12-9-17)14-15-3-2-4-18(13-15)29-21(22,23)24/h2-4,7,10,13,16-17H,5-6,8-9,11-12,14H2,1H3. The summed E-state index contributed by atoms with van der Waals surface area (Å²) < 4.78 is 41.3. The zero-order valence-corrected chi connectivity index (χ0v) is 16.4. The molecule has 0 spiro atoms. The monoisotopic (exact) mass is 406 g/mol. The minimum atomic E-state index is -4.66. The molecule has 1 aliphatic carbocycles. The molecule has 0 N–H and O–H groups in total. The van der Waals surface area contributed by atoms with Crippen LogP contribution in [0.3, 0.4) is 0 Å². The number of piperidine rings is 1. The highest BCUT2D eigenvalue weighted by Gasteiger charge is 2.31. The average molecular weight is 406 g/mol. The summed E-state index contributed by atoms with van der Waals surface area (Å²) in [7, 11) is 2.08. The van der Waals surface area contributed by atoms with E-state index in [0.717, 1.165) is 43.1 Å². The highest BCUT2D eigenvalue weighted by Crippen LogP contribution is 2.38. The second kappa shape index (κ2) is 8.18. The average Bonchev–Trinajstić information content (AvgIpc) is 3.52. The van der Waals surface area contributed by atoms with Gasteiger partial charge < -0.3 is 9.64 Å². The molecule has 0 bridgehead atoms. The van der Waals surface area contributed by atoms with Crippen molar-refractivity contribution < 1.29 is 17.9 Å². The fourth-order valence-corrected chi connectivity index (χ4v) is 3.85. The molecule has 156 valence electrons. The van der Waals surface area contributed by atoms with Gasteiger partial charge in [0.15, 0.2) is 0 Å². The first-order valence-corrected chi connectivity index (χ1v) is 10.0. The van der Waals surface area contributed by atoms with Gasteiger partial charge in [-0.3, -0.25) is 4.90 Å². The lowest BCUT2D eigenvalue weighted by Crippen LogP contribution is -2.43. The van der Waals surface area contributed by atoms with E-state index < -0.39 is 6.36 Å². The second-order valence-corrected chi connectivity index (χ2v) is 7.86. The van der Waals surface area contributed by atoms with Crippen LogP contribution in [0, 0.1) is 0 Å². The lowest BCUT2D eigenvalue weighted by molar-refractivity contribution is -0.274. The fourth-order valence-electron chi connectivity index (χ4n) is 3.85. The number of anilines is 1. The van der Waals surface area contributed by atoms with Gasteiger partial charge in [-0.15, -0.1) is 13.2 Å². The molecular weight excluding hydrogens is 381 g/mol. The van der Waals surface area contributed by atoms with Crippen molar-refractivity contribution in [3.8, 4) is 5.75 Å². The number of halogens is 3. The van der Waals surface area contributed by atoms with Crippen LogP contribution in [-0.2, 0) is 6.54 Å². The highest BCUT2D eigenvalue weighted by molar-refractivity contribution is 5.38. The topological polar surface area (TPSA) is 41.5 Å². The summed E-state index contributed by atoms with van der Waals surface area (Å²) >= 11 is 0. The van der Waals surface area contributed by atoms with Crippen LogP contribution >= 0.6 is 0 Å². The molecule has 1 saturated heterocycles. The summed E-state index contributed by atoms with van der Waals surface area (Å²) in [5, 5.41) is 0. The summed E-state index contributed by atoms with van der Waals surface area (Å²) in [6.07, 6.45) is 1.51. The molecule has 0 unspecified atom stereocenters. The van der Waals surface area contributed by atoms with Gasteiger partial charge in [-0.1, -0.05) is 12.1 Å². The van der Waals surface area contributed by atoms with Crippen molar-refractivity contribution in [2.24, 2.45) is 0 Å². The molecule has 1 aromatic heterocycles. The Morgan fingerprint density at radius 2 is 1.90 bits per heavy atom.